The molecule has 0 aliphatic carbocycles. The number of rotatable bonds is 3. The lowest BCUT2D eigenvalue weighted by molar-refractivity contribution is 0.0711. The third-order valence-corrected chi connectivity index (χ3v) is 5.07. The topological polar surface area (TPSA) is 59.2 Å². The Morgan fingerprint density at radius 2 is 1.93 bits per heavy atom. The zero-order valence-electron chi connectivity index (χ0n) is 14.0. The quantitative estimate of drug-likeness (QED) is 0.603. The zero-order valence-corrected chi connectivity index (χ0v) is 15.5. The van der Waals surface area contributed by atoms with Gasteiger partial charge in [-0.25, -0.2) is 4.39 Å². The van der Waals surface area contributed by atoms with Gasteiger partial charge in [-0.2, -0.15) is 0 Å². The average molecular weight is 406 g/mol. The van der Waals surface area contributed by atoms with Crippen molar-refractivity contribution in [3.8, 4) is 11.5 Å². The number of aromatic nitrogens is 2. The fourth-order valence-electron chi connectivity index (χ4n) is 3.19. The smallest absolute Gasteiger partial charge is 0.259 e. The first kappa shape index (κ1) is 17.9. The lowest BCUT2D eigenvalue weighted by atomic mass is 10.1. The van der Waals surface area contributed by atoms with Crippen molar-refractivity contribution in [2.75, 3.05) is 6.54 Å². The van der Waals surface area contributed by atoms with Gasteiger partial charge in [0, 0.05) is 17.1 Å². The molecule has 0 saturated carbocycles. The maximum absolute atomic E-state index is 14.1. The second kappa shape index (κ2) is 7.29. The molecule has 1 fully saturated rings. The van der Waals surface area contributed by atoms with E-state index in [0.29, 0.717) is 29.8 Å². The molecule has 0 radical (unpaired) electrons. The van der Waals surface area contributed by atoms with Crippen LogP contribution in [0.15, 0.2) is 46.9 Å². The van der Waals surface area contributed by atoms with Crippen molar-refractivity contribution in [1.29, 1.82) is 0 Å². The largest absolute Gasteiger partial charge is 0.418 e. The van der Waals surface area contributed by atoms with Crippen LogP contribution in [0.1, 0.15) is 35.1 Å². The van der Waals surface area contributed by atoms with E-state index in [4.69, 9.17) is 27.6 Å². The highest BCUT2D eigenvalue weighted by Gasteiger charge is 2.36. The summed E-state index contributed by atoms with van der Waals surface area (Å²) in [5, 5.41) is 8.85. The highest BCUT2D eigenvalue weighted by atomic mass is 35.5. The van der Waals surface area contributed by atoms with Crippen LogP contribution >= 0.6 is 23.2 Å². The standard InChI is InChI=1S/C19H14Cl2FN3O2/c20-12-8-6-11(7-9-12)17-23-24-18(27-17)15-5-2-10-25(15)19(26)16-13(21)3-1-4-14(16)22/h1,3-4,6-9,15H,2,5,10H2. The van der Waals surface area contributed by atoms with Gasteiger partial charge in [-0.1, -0.05) is 29.3 Å². The SMILES string of the molecule is O=C(c1c(F)cccc1Cl)N1CCCC1c1nnc(-c2ccc(Cl)cc2)o1. The summed E-state index contributed by atoms with van der Waals surface area (Å²) in [6.07, 6.45) is 1.40. The van der Waals surface area contributed by atoms with Crippen molar-refractivity contribution in [3.05, 3.63) is 69.8 Å². The number of hydrogen-bond donors (Lipinski definition) is 0. The van der Waals surface area contributed by atoms with Gasteiger partial charge in [-0.05, 0) is 49.2 Å². The number of carbonyl (C=O) groups excluding carboxylic acids is 1. The van der Waals surface area contributed by atoms with E-state index in [1.54, 1.807) is 24.3 Å². The van der Waals surface area contributed by atoms with Crippen LogP contribution in [-0.4, -0.2) is 27.5 Å². The molecule has 138 valence electrons. The number of likely N-dealkylation sites (tertiary alicyclic amines) is 1. The minimum Gasteiger partial charge on any atom is -0.418 e. The maximum Gasteiger partial charge on any atom is 0.259 e. The van der Waals surface area contributed by atoms with Gasteiger partial charge in [-0.15, -0.1) is 10.2 Å². The van der Waals surface area contributed by atoms with E-state index in [2.05, 4.69) is 10.2 Å². The zero-order chi connectivity index (χ0) is 19.0. The third-order valence-electron chi connectivity index (χ3n) is 4.51. The summed E-state index contributed by atoms with van der Waals surface area (Å²) in [7, 11) is 0. The molecule has 0 bridgehead atoms. The number of amides is 1. The molecule has 1 aliphatic heterocycles. The van der Waals surface area contributed by atoms with E-state index in [1.165, 1.54) is 23.1 Å². The molecule has 8 heteroatoms. The molecule has 1 aromatic heterocycles. The van der Waals surface area contributed by atoms with E-state index < -0.39 is 17.8 Å². The van der Waals surface area contributed by atoms with Gasteiger partial charge in [0.2, 0.25) is 11.8 Å². The Hall–Kier alpha value is -2.44. The number of halogens is 3. The summed E-state index contributed by atoms with van der Waals surface area (Å²) in [4.78, 5) is 14.4. The molecule has 1 amide bonds. The second-order valence-corrected chi connectivity index (χ2v) is 7.05. The average Bonchev–Trinajstić information content (AvgIpc) is 3.31. The second-order valence-electron chi connectivity index (χ2n) is 6.21. The third kappa shape index (κ3) is 3.42. The van der Waals surface area contributed by atoms with Crippen molar-refractivity contribution < 1.29 is 13.6 Å². The Labute approximate surface area is 164 Å². The molecule has 1 unspecified atom stereocenters. The lowest BCUT2D eigenvalue weighted by Crippen LogP contribution is -2.31. The van der Waals surface area contributed by atoms with Gasteiger partial charge in [0.15, 0.2) is 0 Å². The van der Waals surface area contributed by atoms with Crippen LogP contribution in [0.4, 0.5) is 4.39 Å². The Bertz CT molecular complexity index is 971. The fourth-order valence-corrected chi connectivity index (χ4v) is 3.56. The van der Waals surface area contributed by atoms with Gasteiger partial charge in [-0.3, -0.25) is 4.79 Å². The van der Waals surface area contributed by atoms with Crippen LogP contribution in [0.25, 0.3) is 11.5 Å². The highest BCUT2D eigenvalue weighted by Crippen LogP contribution is 2.35. The summed E-state index contributed by atoms with van der Waals surface area (Å²) in [5.74, 6) is -0.472. The Balaban J connectivity index is 1.62. The molecule has 27 heavy (non-hydrogen) atoms. The summed E-state index contributed by atoms with van der Waals surface area (Å²) < 4.78 is 19.9. The predicted molar refractivity (Wildman–Crippen MR) is 99.2 cm³/mol. The van der Waals surface area contributed by atoms with E-state index in [-0.39, 0.29) is 10.6 Å². The fraction of sp³-hybridized carbons (Fsp3) is 0.211. The molecule has 4 rings (SSSR count). The van der Waals surface area contributed by atoms with E-state index >= 15 is 0 Å². The normalized spacial score (nSPS) is 16.7. The van der Waals surface area contributed by atoms with Crippen molar-refractivity contribution >= 4 is 29.1 Å². The van der Waals surface area contributed by atoms with Crippen LogP contribution in [0.5, 0.6) is 0 Å². The van der Waals surface area contributed by atoms with Gasteiger partial charge < -0.3 is 9.32 Å². The van der Waals surface area contributed by atoms with E-state index in [0.717, 1.165) is 12.0 Å². The summed E-state index contributed by atoms with van der Waals surface area (Å²) >= 11 is 11.9. The molecule has 1 saturated heterocycles. The summed E-state index contributed by atoms with van der Waals surface area (Å²) in [6, 6.07) is 10.8. The molecule has 2 aromatic carbocycles. The first-order valence-electron chi connectivity index (χ1n) is 8.39. The molecule has 0 N–H and O–H groups in total. The lowest BCUT2D eigenvalue weighted by Gasteiger charge is -2.22. The minimum absolute atomic E-state index is 0.0815. The first-order valence-corrected chi connectivity index (χ1v) is 9.14. The first-order chi connectivity index (χ1) is 13.0. The molecule has 2 heterocycles. The number of hydrogen-bond acceptors (Lipinski definition) is 4. The van der Waals surface area contributed by atoms with Crippen LogP contribution in [0, 0.1) is 5.82 Å². The van der Waals surface area contributed by atoms with E-state index in [1.807, 2.05) is 0 Å². The van der Waals surface area contributed by atoms with E-state index in [9.17, 15) is 9.18 Å². The van der Waals surface area contributed by atoms with Gasteiger partial charge in [0.1, 0.15) is 11.9 Å². The van der Waals surface area contributed by atoms with Crippen LogP contribution in [0.3, 0.4) is 0 Å². The molecular formula is C19H14Cl2FN3O2. The van der Waals surface area contributed by atoms with Crippen molar-refractivity contribution in [1.82, 2.24) is 15.1 Å². The summed E-state index contributed by atoms with van der Waals surface area (Å²) in [5.41, 5.74) is 0.592. The number of nitrogens with zero attached hydrogens (tertiary/aromatic N) is 3. The molecule has 5 nitrogen and oxygen atoms in total. The molecule has 0 spiro atoms. The molecule has 3 aromatic rings. The maximum atomic E-state index is 14.1. The molecule has 1 atom stereocenters. The van der Waals surface area contributed by atoms with Crippen molar-refractivity contribution in [3.63, 3.8) is 0 Å². The Kier molecular flexibility index (Phi) is 4.85. The van der Waals surface area contributed by atoms with Crippen molar-refractivity contribution in [2.24, 2.45) is 0 Å². The Morgan fingerprint density at radius 1 is 1.15 bits per heavy atom. The van der Waals surface area contributed by atoms with Gasteiger partial charge in [0.25, 0.3) is 5.91 Å². The number of carbonyl (C=O) groups is 1. The predicted octanol–water partition coefficient (Wildman–Crippen LogP) is 5.16. The van der Waals surface area contributed by atoms with Gasteiger partial charge >= 0.3 is 0 Å². The molecular weight excluding hydrogens is 392 g/mol. The van der Waals surface area contributed by atoms with Crippen LogP contribution in [-0.2, 0) is 0 Å². The number of benzene rings is 2. The highest BCUT2D eigenvalue weighted by molar-refractivity contribution is 6.33. The molecule has 1 aliphatic rings. The van der Waals surface area contributed by atoms with Crippen LogP contribution in [0.2, 0.25) is 10.0 Å². The van der Waals surface area contributed by atoms with Gasteiger partial charge in [0.05, 0.1) is 10.6 Å². The summed E-state index contributed by atoms with van der Waals surface area (Å²) in [6.45, 7) is 0.465. The minimum atomic E-state index is -0.648. The van der Waals surface area contributed by atoms with Crippen LogP contribution < -0.4 is 0 Å². The Morgan fingerprint density at radius 3 is 2.67 bits per heavy atom. The monoisotopic (exact) mass is 405 g/mol. The van der Waals surface area contributed by atoms with Crippen molar-refractivity contribution in [2.45, 2.75) is 18.9 Å².